The summed E-state index contributed by atoms with van der Waals surface area (Å²) in [6.07, 6.45) is -1.34. The molecule has 0 aliphatic carbocycles. The first-order chi connectivity index (χ1) is 15.3. The minimum Gasteiger partial charge on any atom is -0.352 e. The summed E-state index contributed by atoms with van der Waals surface area (Å²) in [5, 5.41) is 6.76. The third kappa shape index (κ3) is 6.38. The van der Waals surface area contributed by atoms with Gasteiger partial charge in [-0.3, -0.25) is 9.89 Å². The van der Waals surface area contributed by atoms with Crippen LogP contribution in [0.25, 0.3) is 5.65 Å². The molecule has 10 heteroatoms. The second-order valence-electron chi connectivity index (χ2n) is 8.11. The number of pyridine rings is 1. The van der Waals surface area contributed by atoms with Crippen LogP contribution in [0.15, 0.2) is 53.7 Å². The van der Waals surface area contributed by atoms with Crippen molar-refractivity contribution >= 4 is 35.6 Å². The smallest absolute Gasteiger partial charge is 0.352 e. The fraction of sp³-hybridized carbons (Fsp3) is 0.391. The quantitative estimate of drug-likeness (QED) is 0.273. The summed E-state index contributed by atoms with van der Waals surface area (Å²) in [7, 11) is 1.73. The Morgan fingerprint density at radius 3 is 2.61 bits per heavy atom. The van der Waals surface area contributed by atoms with Gasteiger partial charge < -0.3 is 15.0 Å². The van der Waals surface area contributed by atoms with Crippen molar-refractivity contribution in [3.05, 3.63) is 71.2 Å². The molecular weight excluding hydrogens is 544 g/mol. The molecule has 2 N–H and O–H groups in total. The Bertz CT molecular complexity index is 1090. The van der Waals surface area contributed by atoms with Gasteiger partial charge in [0.05, 0.1) is 17.8 Å². The van der Waals surface area contributed by atoms with Crippen LogP contribution in [-0.4, -0.2) is 46.4 Å². The van der Waals surface area contributed by atoms with Crippen molar-refractivity contribution in [2.24, 2.45) is 4.99 Å². The summed E-state index contributed by atoms with van der Waals surface area (Å²) in [6, 6.07) is 11.6. The van der Waals surface area contributed by atoms with Crippen molar-refractivity contribution < 1.29 is 13.2 Å². The number of benzene rings is 1. The number of nitrogens with zero attached hydrogens (tertiary/aromatic N) is 4. The minimum absolute atomic E-state index is 0. The molecule has 1 aliphatic rings. The summed E-state index contributed by atoms with van der Waals surface area (Å²) < 4.78 is 40.3. The second-order valence-corrected chi connectivity index (χ2v) is 8.11. The van der Waals surface area contributed by atoms with Gasteiger partial charge in [-0.05, 0) is 43.2 Å². The van der Waals surface area contributed by atoms with Gasteiger partial charge in [0.15, 0.2) is 5.96 Å². The highest BCUT2D eigenvalue weighted by molar-refractivity contribution is 14.0. The highest BCUT2D eigenvalue weighted by Gasteiger charge is 2.30. The number of likely N-dealkylation sites (tertiary alicyclic amines) is 1. The number of guanidine groups is 1. The van der Waals surface area contributed by atoms with E-state index in [0.29, 0.717) is 19.0 Å². The molecule has 1 unspecified atom stereocenters. The largest absolute Gasteiger partial charge is 0.416 e. The number of imidazole rings is 1. The zero-order valence-electron chi connectivity index (χ0n) is 18.6. The Hall–Kier alpha value is -2.34. The average molecular weight is 572 g/mol. The van der Waals surface area contributed by atoms with E-state index in [4.69, 9.17) is 0 Å². The van der Waals surface area contributed by atoms with Gasteiger partial charge in [-0.2, -0.15) is 13.2 Å². The van der Waals surface area contributed by atoms with Crippen LogP contribution in [0.1, 0.15) is 28.9 Å². The lowest BCUT2D eigenvalue weighted by Crippen LogP contribution is -2.44. The molecular formula is C23H28F3IN6. The van der Waals surface area contributed by atoms with Gasteiger partial charge >= 0.3 is 6.18 Å². The van der Waals surface area contributed by atoms with Crippen LogP contribution >= 0.6 is 24.0 Å². The Balaban J connectivity index is 0.00000306. The van der Waals surface area contributed by atoms with E-state index in [1.54, 1.807) is 19.2 Å². The third-order valence-corrected chi connectivity index (χ3v) is 5.71. The Morgan fingerprint density at radius 1 is 1.18 bits per heavy atom. The molecule has 3 heterocycles. The van der Waals surface area contributed by atoms with E-state index >= 15 is 0 Å². The molecule has 3 aromatic rings. The zero-order chi connectivity index (χ0) is 22.7. The molecule has 4 rings (SSSR count). The van der Waals surface area contributed by atoms with Gasteiger partial charge in [-0.25, -0.2) is 4.98 Å². The molecule has 0 spiro atoms. The molecule has 178 valence electrons. The van der Waals surface area contributed by atoms with Crippen LogP contribution < -0.4 is 10.6 Å². The van der Waals surface area contributed by atoms with E-state index in [-0.39, 0.29) is 30.0 Å². The maximum atomic E-state index is 12.7. The van der Waals surface area contributed by atoms with Crippen molar-refractivity contribution in [1.82, 2.24) is 24.9 Å². The number of aromatic nitrogens is 2. The molecule has 0 amide bonds. The highest BCUT2D eigenvalue weighted by atomic mass is 127. The molecule has 1 atom stereocenters. The molecule has 1 fully saturated rings. The maximum absolute atomic E-state index is 12.7. The first kappa shape index (κ1) is 25.3. The maximum Gasteiger partial charge on any atom is 0.416 e. The molecule has 6 nitrogen and oxygen atoms in total. The van der Waals surface area contributed by atoms with Crippen LogP contribution in [0.3, 0.4) is 0 Å². The fourth-order valence-corrected chi connectivity index (χ4v) is 4.00. The Labute approximate surface area is 208 Å². The van der Waals surface area contributed by atoms with E-state index < -0.39 is 11.7 Å². The molecule has 0 radical (unpaired) electrons. The molecule has 1 aliphatic heterocycles. The monoisotopic (exact) mass is 572 g/mol. The summed E-state index contributed by atoms with van der Waals surface area (Å²) in [6.45, 7) is 4.91. The number of rotatable bonds is 5. The summed E-state index contributed by atoms with van der Waals surface area (Å²) in [5.74, 6) is 0.708. The minimum atomic E-state index is -4.30. The van der Waals surface area contributed by atoms with Gasteiger partial charge in [-0.1, -0.05) is 18.2 Å². The molecule has 2 aromatic heterocycles. The van der Waals surface area contributed by atoms with Crippen LogP contribution in [0.4, 0.5) is 13.2 Å². The topological polar surface area (TPSA) is 57.0 Å². The molecule has 0 saturated carbocycles. The van der Waals surface area contributed by atoms with Crippen LogP contribution in [-0.2, 0) is 19.3 Å². The number of fused-ring (bicyclic) bond motifs is 1. The van der Waals surface area contributed by atoms with E-state index in [0.717, 1.165) is 54.2 Å². The van der Waals surface area contributed by atoms with Crippen LogP contribution in [0, 0.1) is 6.92 Å². The van der Waals surface area contributed by atoms with E-state index in [2.05, 4.69) is 29.9 Å². The number of hydrogen-bond donors (Lipinski definition) is 2. The van der Waals surface area contributed by atoms with Crippen molar-refractivity contribution in [3.8, 4) is 0 Å². The van der Waals surface area contributed by atoms with Crippen LogP contribution in [0.5, 0.6) is 0 Å². The van der Waals surface area contributed by atoms with Gasteiger partial charge in [0, 0.05) is 44.6 Å². The second kappa shape index (κ2) is 10.7. The number of alkyl halides is 3. The Morgan fingerprint density at radius 2 is 1.94 bits per heavy atom. The van der Waals surface area contributed by atoms with Crippen molar-refractivity contribution in [2.45, 2.75) is 38.7 Å². The lowest BCUT2D eigenvalue weighted by molar-refractivity contribution is -0.137. The van der Waals surface area contributed by atoms with Gasteiger partial charge in [0.2, 0.25) is 0 Å². The van der Waals surface area contributed by atoms with Gasteiger partial charge in [0.25, 0.3) is 0 Å². The first-order valence-electron chi connectivity index (χ1n) is 10.6. The van der Waals surface area contributed by atoms with E-state index in [1.165, 1.54) is 0 Å². The lowest BCUT2D eigenvalue weighted by atomic mass is 10.1. The van der Waals surface area contributed by atoms with Crippen molar-refractivity contribution in [1.29, 1.82) is 0 Å². The van der Waals surface area contributed by atoms with Crippen molar-refractivity contribution in [3.63, 3.8) is 0 Å². The van der Waals surface area contributed by atoms with E-state index in [9.17, 15) is 13.2 Å². The molecule has 0 bridgehead atoms. The normalized spacial score (nSPS) is 17.2. The zero-order valence-corrected chi connectivity index (χ0v) is 20.9. The number of aliphatic imine (C=N–C) groups is 1. The van der Waals surface area contributed by atoms with Gasteiger partial charge in [0.1, 0.15) is 5.65 Å². The van der Waals surface area contributed by atoms with Crippen LogP contribution in [0.2, 0.25) is 0 Å². The van der Waals surface area contributed by atoms with Gasteiger partial charge in [-0.15, -0.1) is 24.0 Å². The SMILES string of the molecule is CN=C(NCc1cn2c(C)cccc2n1)NC1CCN(Cc2ccc(C(F)(F)F)cc2)C1.I. The average Bonchev–Trinajstić information content (AvgIpc) is 3.38. The predicted molar refractivity (Wildman–Crippen MR) is 134 cm³/mol. The Kier molecular flexibility index (Phi) is 8.22. The number of halogens is 4. The summed E-state index contributed by atoms with van der Waals surface area (Å²) in [4.78, 5) is 11.2. The summed E-state index contributed by atoms with van der Waals surface area (Å²) >= 11 is 0. The number of hydrogen-bond acceptors (Lipinski definition) is 3. The highest BCUT2D eigenvalue weighted by Crippen LogP contribution is 2.29. The van der Waals surface area contributed by atoms with Crippen molar-refractivity contribution in [2.75, 3.05) is 20.1 Å². The molecule has 1 aromatic carbocycles. The lowest BCUT2D eigenvalue weighted by Gasteiger charge is -2.19. The molecule has 1 saturated heterocycles. The standard InChI is InChI=1S/C23H27F3N6.HI/c1-16-4-3-5-21-29-20(15-32(16)21)12-28-22(27-2)30-19-10-11-31(14-19)13-17-6-8-18(9-7-17)23(24,25)26;/h3-9,15,19H,10-14H2,1-2H3,(H2,27,28,30);1H. The first-order valence-corrected chi connectivity index (χ1v) is 10.6. The third-order valence-electron chi connectivity index (χ3n) is 5.71. The fourth-order valence-electron chi connectivity index (χ4n) is 4.00. The molecule has 33 heavy (non-hydrogen) atoms. The van der Waals surface area contributed by atoms with E-state index in [1.807, 2.05) is 31.3 Å². The number of nitrogens with one attached hydrogen (secondary N) is 2. The summed E-state index contributed by atoms with van der Waals surface area (Å²) in [5.41, 5.74) is 3.24. The predicted octanol–water partition coefficient (Wildman–Crippen LogP) is 4.22. The number of aryl methyl sites for hydroxylation is 1.